The number of benzene rings is 1. The van der Waals surface area contributed by atoms with E-state index in [-0.39, 0.29) is 23.9 Å². The van der Waals surface area contributed by atoms with Crippen molar-refractivity contribution in [1.29, 1.82) is 0 Å². The van der Waals surface area contributed by atoms with E-state index in [1.54, 1.807) is 18.2 Å². The van der Waals surface area contributed by atoms with E-state index in [4.69, 9.17) is 0 Å². The number of pyridine rings is 1. The normalized spacial score (nSPS) is 12.9. The zero-order chi connectivity index (χ0) is 18.6. The van der Waals surface area contributed by atoms with Gasteiger partial charge in [0.25, 0.3) is 0 Å². The zero-order valence-electron chi connectivity index (χ0n) is 13.8. The number of carbonyl (C=O) groups is 2. The summed E-state index contributed by atoms with van der Waals surface area (Å²) in [5.74, 6) is -1.59. The van der Waals surface area contributed by atoms with Crippen LogP contribution in [0.25, 0.3) is 10.8 Å². The number of rotatable bonds is 7. The van der Waals surface area contributed by atoms with Crippen LogP contribution in [0.5, 0.6) is 0 Å². The van der Waals surface area contributed by atoms with Gasteiger partial charge in [0.1, 0.15) is 6.04 Å². The summed E-state index contributed by atoms with van der Waals surface area (Å²) < 4.78 is 27.1. The van der Waals surface area contributed by atoms with Crippen LogP contribution in [-0.2, 0) is 19.6 Å². The topological polar surface area (TPSA) is 117 Å². The first-order valence-corrected chi connectivity index (χ1v) is 9.01. The lowest BCUT2D eigenvalue weighted by molar-refractivity contribution is -0.140. The fourth-order valence-corrected chi connectivity index (χ4v) is 4.24. The number of carboxylic acid groups (broad SMARTS) is 1. The molecule has 134 valence electrons. The monoisotopic (exact) mass is 365 g/mol. The summed E-state index contributed by atoms with van der Waals surface area (Å²) in [5.41, 5.74) is 0. The van der Waals surface area contributed by atoms with Crippen LogP contribution in [-0.4, -0.2) is 53.8 Å². The maximum Gasteiger partial charge on any atom is 0.321 e. The Morgan fingerprint density at radius 2 is 2.04 bits per heavy atom. The third kappa shape index (κ3) is 4.12. The van der Waals surface area contributed by atoms with Gasteiger partial charge in [-0.2, -0.15) is 4.31 Å². The molecule has 2 aromatic rings. The number of carbonyl (C=O) groups excluding carboxylic acids is 1. The number of amides is 1. The lowest BCUT2D eigenvalue weighted by Crippen LogP contribution is -2.46. The van der Waals surface area contributed by atoms with Gasteiger partial charge in [-0.15, -0.1) is 0 Å². The number of aromatic nitrogens is 1. The Kier molecular flexibility index (Phi) is 5.70. The number of nitrogens with one attached hydrogen (secondary N) is 1. The highest BCUT2D eigenvalue weighted by Crippen LogP contribution is 2.26. The summed E-state index contributed by atoms with van der Waals surface area (Å²) in [5, 5.41) is 12.9. The van der Waals surface area contributed by atoms with Gasteiger partial charge in [0.15, 0.2) is 0 Å². The predicted octanol–water partition coefficient (Wildman–Crippen LogP) is 0.835. The number of nitrogens with zero attached hydrogens (tertiary/aromatic N) is 2. The zero-order valence-corrected chi connectivity index (χ0v) is 14.7. The average molecular weight is 365 g/mol. The molecular weight excluding hydrogens is 346 g/mol. The fraction of sp³-hybridized carbons (Fsp3) is 0.312. The Bertz CT molecular complexity index is 892. The molecule has 0 spiro atoms. The Morgan fingerprint density at radius 1 is 1.32 bits per heavy atom. The van der Waals surface area contributed by atoms with Gasteiger partial charge in [0.2, 0.25) is 15.9 Å². The minimum atomic E-state index is -4.10. The number of aliphatic carboxylic acids is 1. The van der Waals surface area contributed by atoms with Crippen LogP contribution in [0.1, 0.15) is 13.8 Å². The van der Waals surface area contributed by atoms with Crippen LogP contribution in [0.4, 0.5) is 0 Å². The first-order valence-electron chi connectivity index (χ1n) is 7.57. The molecular formula is C16H19N3O5S. The van der Waals surface area contributed by atoms with Crippen LogP contribution in [0.15, 0.2) is 41.6 Å². The van der Waals surface area contributed by atoms with Crippen LogP contribution in [0, 0.1) is 0 Å². The molecule has 0 fully saturated rings. The van der Waals surface area contributed by atoms with E-state index in [9.17, 15) is 23.1 Å². The minimum Gasteiger partial charge on any atom is -0.480 e. The lowest BCUT2D eigenvalue weighted by Gasteiger charge is -2.26. The highest BCUT2D eigenvalue weighted by Gasteiger charge is 2.33. The fourth-order valence-electron chi connectivity index (χ4n) is 2.43. The average Bonchev–Trinajstić information content (AvgIpc) is 2.57. The Hall–Kier alpha value is -2.52. The standard InChI is InChI=1S/C16H19N3O5S/c1-11(16(21)22)19(9-8-18-12(2)20)25(23,24)15-5-3-4-13-10-17-7-6-14(13)15/h3-7,10-11H,8-9H2,1-2H3,(H,18,20)(H,21,22). The van der Waals surface area contributed by atoms with Crippen molar-refractivity contribution in [2.45, 2.75) is 24.8 Å². The molecule has 1 atom stereocenters. The van der Waals surface area contributed by atoms with Crippen molar-refractivity contribution in [3.8, 4) is 0 Å². The molecule has 1 aromatic heterocycles. The molecule has 0 saturated heterocycles. The molecule has 0 bridgehead atoms. The Morgan fingerprint density at radius 3 is 2.68 bits per heavy atom. The van der Waals surface area contributed by atoms with Crippen LogP contribution in [0.3, 0.4) is 0 Å². The van der Waals surface area contributed by atoms with Crippen molar-refractivity contribution in [3.63, 3.8) is 0 Å². The van der Waals surface area contributed by atoms with E-state index in [2.05, 4.69) is 10.3 Å². The van der Waals surface area contributed by atoms with Gasteiger partial charge in [-0.25, -0.2) is 8.42 Å². The summed E-state index contributed by atoms with van der Waals surface area (Å²) in [6.45, 7) is 2.45. The second-order valence-electron chi connectivity index (χ2n) is 5.47. The number of carboxylic acids is 1. The van der Waals surface area contributed by atoms with E-state index in [0.717, 1.165) is 4.31 Å². The van der Waals surface area contributed by atoms with E-state index in [1.807, 2.05) is 0 Å². The lowest BCUT2D eigenvalue weighted by atomic mass is 10.2. The molecule has 2 N–H and O–H groups in total. The number of fused-ring (bicyclic) bond motifs is 1. The molecule has 8 nitrogen and oxygen atoms in total. The van der Waals surface area contributed by atoms with E-state index in [0.29, 0.717) is 10.8 Å². The molecule has 0 saturated carbocycles. The van der Waals surface area contributed by atoms with Crippen molar-refractivity contribution in [2.75, 3.05) is 13.1 Å². The maximum absolute atomic E-state index is 13.1. The molecule has 2 rings (SSSR count). The molecule has 1 aromatic carbocycles. The first kappa shape index (κ1) is 18.8. The quantitative estimate of drug-likeness (QED) is 0.751. The van der Waals surface area contributed by atoms with Gasteiger partial charge in [-0.1, -0.05) is 12.1 Å². The van der Waals surface area contributed by atoms with Gasteiger partial charge < -0.3 is 10.4 Å². The molecule has 1 heterocycles. The summed E-state index contributed by atoms with van der Waals surface area (Å²) in [7, 11) is -4.10. The molecule has 0 aliphatic rings. The van der Waals surface area contributed by atoms with Crippen molar-refractivity contribution < 1.29 is 23.1 Å². The smallest absolute Gasteiger partial charge is 0.321 e. The SMILES string of the molecule is CC(=O)NCCN(C(C)C(=O)O)S(=O)(=O)c1cccc2cnccc12. The largest absolute Gasteiger partial charge is 0.480 e. The van der Waals surface area contributed by atoms with Crippen molar-refractivity contribution in [3.05, 3.63) is 36.7 Å². The maximum atomic E-state index is 13.1. The summed E-state index contributed by atoms with van der Waals surface area (Å²) in [6.07, 6.45) is 3.01. The number of hydrogen-bond donors (Lipinski definition) is 2. The second kappa shape index (κ2) is 7.58. The van der Waals surface area contributed by atoms with Crippen LogP contribution < -0.4 is 5.32 Å². The third-order valence-electron chi connectivity index (χ3n) is 3.72. The molecule has 1 unspecified atom stereocenters. The van der Waals surface area contributed by atoms with Crippen LogP contribution >= 0.6 is 0 Å². The summed E-state index contributed by atoms with van der Waals surface area (Å²) >= 11 is 0. The molecule has 1 amide bonds. The van der Waals surface area contributed by atoms with Crippen molar-refractivity contribution in [1.82, 2.24) is 14.6 Å². The van der Waals surface area contributed by atoms with E-state index < -0.39 is 22.0 Å². The molecule has 25 heavy (non-hydrogen) atoms. The minimum absolute atomic E-state index is 0.00308. The second-order valence-corrected chi connectivity index (χ2v) is 7.32. The predicted molar refractivity (Wildman–Crippen MR) is 91.4 cm³/mol. The Balaban J connectivity index is 2.49. The van der Waals surface area contributed by atoms with Crippen LogP contribution in [0.2, 0.25) is 0 Å². The number of sulfonamides is 1. The highest BCUT2D eigenvalue weighted by molar-refractivity contribution is 7.89. The van der Waals surface area contributed by atoms with E-state index in [1.165, 1.54) is 32.3 Å². The first-order chi connectivity index (χ1) is 11.7. The Labute approximate surface area is 145 Å². The highest BCUT2D eigenvalue weighted by atomic mass is 32.2. The van der Waals surface area contributed by atoms with Crippen molar-refractivity contribution in [2.24, 2.45) is 0 Å². The van der Waals surface area contributed by atoms with Gasteiger partial charge >= 0.3 is 5.97 Å². The molecule has 0 aliphatic heterocycles. The summed E-state index contributed by atoms with van der Waals surface area (Å²) in [4.78, 5) is 26.4. The van der Waals surface area contributed by atoms with Gasteiger partial charge in [-0.05, 0) is 19.1 Å². The molecule has 9 heteroatoms. The van der Waals surface area contributed by atoms with Gasteiger partial charge in [0.05, 0.1) is 4.90 Å². The molecule has 0 aliphatic carbocycles. The van der Waals surface area contributed by atoms with Crippen molar-refractivity contribution >= 4 is 32.7 Å². The van der Waals surface area contributed by atoms with Gasteiger partial charge in [0, 0.05) is 43.2 Å². The van der Waals surface area contributed by atoms with Gasteiger partial charge in [-0.3, -0.25) is 14.6 Å². The summed E-state index contributed by atoms with van der Waals surface area (Å²) in [6, 6.07) is 5.02. The third-order valence-corrected chi connectivity index (χ3v) is 5.75. The number of hydrogen-bond acceptors (Lipinski definition) is 5. The van der Waals surface area contributed by atoms with E-state index >= 15 is 0 Å². The molecule has 0 radical (unpaired) electrons.